The molecule has 30 heavy (non-hydrogen) atoms. The van der Waals surface area contributed by atoms with Crippen LogP contribution in [-0.4, -0.2) is 59.4 Å². The number of alkyl halides is 3. The predicted molar refractivity (Wildman–Crippen MR) is 105 cm³/mol. The van der Waals surface area contributed by atoms with Gasteiger partial charge in [0.1, 0.15) is 16.6 Å². The first kappa shape index (κ1) is 22.8. The molecule has 2 aromatic heterocycles. The van der Waals surface area contributed by atoms with Crippen LogP contribution in [0.15, 0.2) is 28.7 Å². The summed E-state index contributed by atoms with van der Waals surface area (Å²) >= 11 is 1.05. The van der Waals surface area contributed by atoms with Gasteiger partial charge in [-0.1, -0.05) is 6.42 Å². The number of likely N-dealkylation sites (N-methyl/N-ethyl adjacent to an activating group) is 1. The molecule has 1 fully saturated rings. The van der Waals surface area contributed by atoms with Crippen LogP contribution >= 0.6 is 11.3 Å². The Balaban J connectivity index is 1.62. The molecule has 166 valence electrons. The number of piperidine rings is 1. The molecule has 0 atom stereocenters. The maximum atomic E-state index is 12.7. The van der Waals surface area contributed by atoms with Crippen molar-refractivity contribution in [3.63, 3.8) is 0 Å². The van der Waals surface area contributed by atoms with E-state index < -0.39 is 22.7 Å². The number of thiophene rings is 1. The number of carbonyl (C=O) groups is 1. The zero-order valence-corrected chi connectivity index (χ0v) is 18.1. The van der Waals surface area contributed by atoms with E-state index in [1.165, 1.54) is 34.7 Å². The van der Waals surface area contributed by atoms with Crippen LogP contribution in [0.25, 0.3) is 0 Å². The van der Waals surface area contributed by atoms with E-state index in [4.69, 9.17) is 0 Å². The molecule has 1 saturated heterocycles. The Hall–Kier alpha value is -1.92. The summed E-state index contributed by atoms with van der Waals surface area (Å²) < 4.78 is 66.0. The summed E-state index contributed by atoms with van der Waals surface area (Å²) in [5, 5.41) is 0. The number of amides is 1. The second kappa shape index (κ2) is 9.06. The van der Waals surface area contributed by atoms with E-state index in [1.807, 2.05) is 0 Å². The van der Waals surface area contributed by atoms with Crippen molar-refractivity contribution in [2.45, 2.75) is 49.2 Å². The molecule has 12 heteroatoms. The first-order chi connectivity index (χ1) is 14.1. The quantitative estimate of drug-likeness (QED) is 0.632. The van der Waals surface area contributed by atoms with E-state index in [1.54, 1.807) is 6.07 Å². The number of imidazole rings is 1. The maximum Gasteiger partial charge on any atom is 0.406 e. The van der Waals surface area contributed by atoms with Crippen LogP contribution < -0.4 is 0 Å². The average molecular weight is 465 g/mol. The molecule has 1 aliphatic rings. The normalized spacial score (nSPS) is 16.0. The molecule has 0 bridgehead atoms. The number of aromatic nitrogens is 2. The number of hydrogen-bond donors (Lipinski definition) is 0. The lowest BCUT2D eigenvalue weighted by molar-refractivity contribution is -0.141. The van der Waals surface area contributed by atoms with Crippen molar-refractivity contribution in [3.05, 3.63) is 35.2 Å². The molecule has 0 saturated carbocycles. The summed E-state index contributed by atoms with van der Waals surface area (Å²) in [5.74, 6) is -0.206. The van der Waals surface area contributed by atoms with Crippen LogP contribution in [0.1, 0.15) is 30.0 Å². The maximum absolute atomic E-state index is 12.7. The molecule has 1 amide bonds. The highest BCUT2D eigenvalue weighted by atomic mass is 32.2. The second-order valence-electron chi connectivity index (χ2n) is 7.20. The zero-order chi connectivity index (χ0) is 21.9. The minimum absolute atomic E-state index is 0.0311. The third-order valence-corrected chi connectivity index (χ3v) is 8.28. The van der Waals surface area contributed by atoms with Gasteiger partial charge < -0.3 is 9.47 Å². The summed E-state index contributed by atoms with van der Waals surface area (Å²) in [6, 6.07) is 3.12. The van der Waals surface area contributed by atoms with Gasteiger partial charge in [0.15, 0.2) is 0 Å². The summed E-state index contributed by atoms with van der Waals surface area (Å²) in [6.45, 7) is -0.247. The molecule has 0 aliphatic carbocycles. The number of hydrogen-bond acceptors (Lipinski definition) is 5. The van der Waals surface area contributed by atoms with E-state index in [-0.39, 0.29) is 28.9 Å². The summed E-state index contributed by atoms with van der Waals surface area (Å²) in [6.07, 6.45) is 0.760. The van der Waals surface area contributed by atoms with Crippen LogP contribution in [-0.2, 0) is 34.3 Å². The first-order valence-corrected chi connectivity index (χ1v) is 11.7. The molecule has 0 spiro atoms. The number of halogens is 3. The number of nitrogens with zero attached hydrogens (tertiary/aromatic N) is 4. The Morgan fingerprint density at radius 1 is 1.23 bits per heavy atom. The summed E-state index contributed by atoms with van der Waals surface area (Å²) in [4.78, 5) is 18.3. The second-order valence-corrected chi connectivity index (χ2v) is 10.5. The SMILES string of the molecule is CN(Cc1nccn1CC(F)(F)F)C(=O)Cc1ccc(S(=O)(=O)N2CCCCC2)s1. The highest BCUT2D eigenvalue weighted by molar-refractivity contribution is 7.91. The van der Waals surface area contributed by atoms with E-state index in [2.05, 4.69) is 4.98 Å². The summed E-state index contributed by atoms with van der Waals surface area (Å²) in [7, 11) is -2.07. The largest absolute Gasteiger partial charge is 0.406 e. The van der Waals surface area contributed by atoms with Crippen molar-refractivity contribution in [1.29, 1.82) is 0 Å². The van der Waals surface area contributed by atoms with Gasteiger partial charge in [-0.05, 0) is 25.0 Å². The lowest BCUT2D eigenvalue weighted by Crippen LogP contribution is -2.35. The van der Waals surface area contributed by atoms with Crippen LogP contribution in [0, 0.1) is 0 Å². The lowest BCUT2D eigenvalue weighted by Gasteiger charge is -2.25. The number of carbonyl (C=O) groups excluding carboxylic acids is 1. The van der Waals surface area contributed by atoms with Gasteiger partial charge >= 0.3 is 6.18 Å². The zero-order valence-electron chi connectivity index (χ0n) is 16.4. The minimum Gasteiger partial charge on any atom is -0.338 e. The molecule has 3 rings (SSSR count). The third-order valence-electron chi connectivity index (χ3n) is 4.83. The first-order valence-electron chi connectivity index (χ1n) is 9.46. The van der Waals surface area contributed by atoms with Crippen LogP contribution in [0.3, 0.4) is 0 Å². The molecule has 0 radical (unpaired) electrons. The Morgan fingerprint density at radius 2 is 1.93 bits per heavy atom. The third kappa shape index (κ3) is 5.61. The van der Waals surface area contributed by atoms with Crippen LogP contribution in [0.4, 0.5) is 13.2 Å². The van der Waals surface area contributed by atoms with Crippen molar-refractivity contribution in [3.8, 4) is 0 Å². The van der Waals surface area contributed by atoms with Gasteiger partial charge in [-0.15, -0.1) is 11.3 Å². The predicted octanol–water partition coefficient (Wildman–Crippen LogP) is 2.88. The Bertz CT molecular complexity index is 979. The van der Waals surface area contributed by atoms with Gasteiger partial charge in [-0.25, -0.2) is 13.4 Å². The monoisotopic (exact) mass is 464 g/mol. The van der Waals surface area contributed by atoms with Gasteiger partial charge in [0, 0.05) is 37.4 Å². The van der Waals surface area contributed by atoms with Crippen molar-refractivity contribution in [2.75, 3.05) is 20.1 Å². The smallest absolute Gasteiger partial charge is 0.338 e. The lowest BCUT2D eigenvalue weighted by atomic mass is 10.2. The molecule has 1 aliphatic heterocycles. The van der Waals surface area contributed by atoms with E-state index >= 15 is 0 Å². The molecular weight excluding hydrogens is 441 g/mol. The van der Waals surface area contributed by atoms with Crippen molar-refractivity contribution in [1.82, 2.24) is 18.8 Å². The Kier molecular flexibility index (Phi) is 6.88. The standard InChI is InChI=1S/C18H23F3N4O3S2/c1-23(12-15-22-7-10-24(15)13-18(19,20)21)16(26)11-14-5-6-17(29-14)30(27,28)25-8-3-2-4-9-25/h5-7,10H,2-4,8-9,11-13H2,1H3. The van der Waals surface area contributed by atoms with Gasteiger partial charge in [0.05, 0.1) is 13.0 Å². The van der Waals surface area contributed by atoms with Crippen molar-refractivity contribution < 1.29 is 26.4 Å². The van der Waals surface area contributed by atoms with Crippen molar-refractivity contribution >= 4 is 27.3 Å². The Labute approximate surface area is 177 Å². The van der Waals surface area contributed by atoms with Crippen LogP contribution in [0.2, 0.25) is 0 Å². The van der Waals surface area contributed by atoms with Gasteiger partial charge in [-0.3, -0.25) is 4.79 Å². The molecule has 2 aromatic rings. The van der Waals surface area contributed by atoms with Gasteiger partial charge in [-0.2, -0.15) is 17.5 Å². The minimum atomic E-state index is -4.38. The summed E-state index contributed by atoms with van der Waals surface area (Å²) in [5.41, 5.74) is 0. The molecule has 7 nitrogen and oxygen atoms in total. The Morgan fingerprint density at radius 3 is 2.60 bits per heavy atom. The highest BCUT2D eigenvalue weighted by Gasteiger charge is 2.30. The fourth-order valence-electron chi connectivity index (χ4n) is 3.24. The average Bonchev–Trinajstić information content (AvgIpc) is 3.31. The molecule has 0 unspecified atom stereocenters. The fourth-order valence-corrected chi connectivity index (χ4v) is 6.26. The van der Waals surface area contributed by atoms with E-state index in [9.17, 15) is 26.4 Å². The molecule has 0 aromatic carbocycles. The topological polar surface area (TPSA) is 75.5 Å². The van der Waals surface area contributed by atoms with Gasteiger partial charge in [0.25, 0.3) is 10.0 Å². The van der Waals surface area contributed by atoms with Crippen LogP contribution in [0.5, 0.6) is 0 Å². The van der Waals surface area contributed by atoms with Crippen molar-refractivity contribution in [2.24, 2.45) is 0 Å². The van der Waals surface area contributed by atoms with E-state index in [0.717, 1.165) is 35.2 Å². The van der Waals surface area contributed by atoms with E-state index in [0.29, 0.717) is 18.0 Å². The van der Waals surface area contributed by atoms with Gasteiger partial charge in [0.2, 0.25) is 5.91 Å². The fraction of sp³-hybridized carbons (Fsp3) is 0.556. The number of sulfonamides is 1. The molecule has 0 N–H and O–H groups in total. The molecule has 3 heterocycles. The number of rotatable bonds is 7. The highest BCUT2D eigenvalue weighted by Crippen LogP contribution is 2.27. The molecular formula is C18H23F3N4O3S2.